The van der Waals surface area contributed by atoms with Crippen LogP contribution < -0.4 is 10.0 Å². The molecule has 0 spiro atoms. The number of thiophene rings is 1. The summed E-state index contributed by atoms with van der Waals surface area (Å²) in [7, 11) is 0. The maximum Gasteiger partial charge on any atom is 0.256 e. The first kappa shape index (κ1) is 17.8. The summed E-state index contributed by atoms with van der Waals surface area (Å²) in [4.78, 5) is 16.0. The van der Waals surface area contributed by atoms with Crippen molar-refractivity contribution in [3.05, 3.63) is 44.7 Å². The third-order valence-corrected chi connectivity index (χ3v) is 5.15. The molecule has 1 atom stereocenters. The van der Waals surface area contributed by atoms with E-state index in [1.54, 1.807) is 18.2 Å². The Morgan fingerprint density at radius 2 is 2.16 bits per heavy atom. The molecule has 0 aromatic carbocycles. The molecule has 0 radical (unpaired) electrons. The van der Waals surface area contributed by atoms with Crippen LogP contribution in [0.5, 0.6) is 0 Å². The van der Waals surface area contributed by atoms with Crippen LogP contribution in [0.2, 0.25) is 8.67 Å². The van der Waals surface area contributed by atoms with E-state index in [0.29, 0.717) is 4.31 Å². The van der Waals surface area contributed by atoms with Crippen molar-refractivity contribution in [2.45, 2.75) is 0 Å². The smallest absolute Gasteiger partial charge is 0.256 e. The van der Waals surface area contributed by atoms with Crippen molar-refractivity contribution in [3.63, 3.8) is 0 Å². The summed E-state index contributed by atoms with van der Waals surface area (Å²) in [5, 5.41) is 3.75. The second-order valence-electron chi connectivity index (χ2n) is 4.51. The number of rotatable bonds is 5. The van der Waals surface area contributed by atoms with Crippen molar-refractivity contribution in [1.82, 2.24) is 10.1 Å². The number of halogens is 2. The SMILES string of the molecule is NC(=O)c1c(-c2ccccn2)noc1N(c1cc(Cl)sc1Cl)S(=O)[O-]. The van der Waals surface area contributed by atoms with E-state index in [2.05, 4.69) is 10.1 Å². The van der Waals surface area contributed by atoms with E-state index in [9.17, 15) is 13.6 Å². The average Bonchev–Trinajstić information content (AvgIpc) is 3.12. The Labute approximate surface area is 157 Å². The molecule has 0 bridgehead atoms. The van der Waals surface area contributed by atoms with Gasteiger partial charge in [-0.1, -0.05) is 34.4 Å². The minimum atomic E-state index is -2.89. The van der Waals surface area contributed by atoms with E-state index >= 15 is 0 Å². The average molecular weight is 418 g/mol. The molecule has 8 nitrogen and oxygen atoms in total. The minimum absolute atomic E-state index is 0.0102. The van der Waals surface area contributed by atoms with Gasteiger partial charge in [0, 0.05) is 6.20 Å². The number of carbonyl (C=O) groups excluding carboxylic acids is 1. The number of pyridine rings is 1. The number of anilines is 2. The molecule has 1 amide bonds. The summed E-state index contributed by atoms with van der Waals surface area (Å²) in [6, 6.07) is 6.22. The van der Waals surface area contributed by atoms with Gasteiger partial charge < -0.3 is 14.8 Å². The highest BCUT2D eigenvalue weighted by Gasteiger charge is 2.30. The minimum Gasteiger partial charge on any atom is -0.755 e. The number of nitrogens with zero attached hydrogens (tertiary/aromatic N) is 3. The Kier molecular flexibility index (Phi) is 5.06. The van der Waals surface area contributed by atoms with Crippen molar-refractivity contribution in [1.29, 1.82) is 0 Å². The van der Waals surface area contributed by atoms with E-state index in [1.807, 2.05) is 0 Å². The maximum absolute atomic E-state index is 11.9. The highest BCUT2D eigenvalue weighted by Crippen LogP contribution is 2.43. The highest BCUT2D eigenvalue weighted by atomic mass is 35.5. The number of hydrogen-bond donors (Lipinski definition) is 1. The van der Waals surface area contributed by atoms with Gasteiger partial charge in [-0.3, -0.25) is 14.0 Å². The molecule has 3 aromatic rings. The van der Waals surface area contributed by atoms with Gasteiger partial charge in [-0.2, -0.15) is 0 Å². The van der Waals surface area contributed by atoms with Gasteiger partial charge in [0.2, 0.25) is 0 Å². The Bertz CT molecular complexity index is 960. The Balaban J connectivity index is 2.21. The topological polar surface area (TPSA) is 125 Å². The molecule has 0 aliphatic heterocycles. The van der Waals surface area contributed by atoms with Crippen molar-refractivity contribution >= 4 is 63.3 Å². The standard InChI is InChI=1S/C13H8Cl2N4O4S2/c14-8-5-7(11(15)24-8)19(25(21)22)13-9(12(16)20)10(18-23-13)6-3-1-2-4-17-6/h1-5H,(H2,16,20)(H,21,22)/p-1. The first-order valence-corrected chi connectivity index (χ1v) is 9.05. The molecule has 0 saturated carbocycles. The lowest BCUT2D eigenvalue weighted by molar-refractivity contribution is 0.100. The number of amides is 1. The molecule has 3 rings (SSSR count). The van der Waals surface area contributed by atoms with Gasteiger partial charge >= 0.3 is 0 Å². The van der Waals surface area contributed by atoms with Gasteiger partial charge in [-0.05, 0) is 18.2 Å². The number of carbonyl (C=O) groups is 1. The molecule has 3 aromatic heterocycles. The second-order valence-corrected chi connectivity index (χ2v) is 7.60. The van der Waals surface area contributed by atoms with Gasteiger partial charge in [0.25, 0.3) is 11.8 Å². The lowest BCUT2D eigenvalue weighted by Gasteiger charge is -2.22. The zero-order valence-electron chi connectivity index (χ0n) is 12.0. The molecule has 1 unspecified atom stereocenters. The molecule has 3 heterocycles. The molecule has 2 N–H and O–H groups in total. The van der Waals surface area contributed by atoms with Crippen LogP contribution >= 0.6 is 34.5 Å². The quantitative estimate of drug-likeness (QED) is 0.635. The van der Waals surface area contributed by atoms with Crippen LogP contribution in [-0.2, 0) is 11.3 Å². The van der Waals surface area contributed by atoms with Crippen LogP contribution in [0.15, 0.2) is 35.0 Å². The summed E-state index contributed by atoms with van der Waals surface area (Å²) in [6.45, 7) is 0. The molecular weight excluding hydrogens is 411 g/mol. The van der Waals surface area contributed by atoms with Crippen LogP contribution in [0.25, 0.3) is 11.4 Å². The van der Waals surface area contributed by atoms with Gasteiger partial charge in [0.15, 0.2) is 0 Å². The fraction of sp³-hybridized carbons (Fsp3) is 0. The largest absolute Gasteiger partial charge is 0.755 e. The summed E-state index contributed by atoms with van der Waals surface area (Å²) >= 11 is 9.95. The fourth-order valence-electron chi connectivity index (χ4n) is 2.05. The Morgan fingerprint density at radius 1 is 1.40 bits per heavy atom. The van der Waals surface area contributed by atoms with Crippen molar-refractivity contribution in [3.8, 4) is 11.4 Å². The van der Waals surface area contributed by atoms with Gasteiger partial charge in [0.1, 0.15) is 15.6 Å². The molecule has 0 fully saturated rings. The molecule has 130 valence electrons. The van der Waals surface area contributed by atoms with Crippen LogP contribution in [0.1, 0.15) is 10.4 Å². The van der Waals surface area contributed by atoms with Crippen LogP contribution in [0.3, 0.4) is 0 Å². The predicted octanol–water partition coefficient (Wildman–Crippen LogP) is 3.14. The zero-order chi connectivity index (χ0) is 18.1. The molecule has 12 heteroatoms. The van der Waals surface area contributed by atoms with Gasteiger partial charge in [-0.15, -0.1) is 11.3 Å². The number of nitrogens with two attached hydrogens (primary N) is 1. The lowest BCUT2D eigenvalue weighted by atomic mass is 10.1. The summed E-state index contributed by atoms with van der Waals surface area (Å²) in [5.74, 6) is -1.34. The molecule has 25 heavy (non-hydrogen) atoms. The monoisotopic (exact) mass is 417 g/mol. The second kappa shape index (κ2) is 7.10. The number of aromatic nitrogens is 2. The Morgan fingerprint density at radius 3 is 2.68 bits per heavy atom. The number of primary amides is 1. The fourth-order valence-corrected chi connectivity index (χ4v) is 4.16. The molecule has 0 saturated heterocycles. The third-order valence-electron chi connectivity index (χ3n) is 3.02. The van der Waals surface area contributed by atoms with E-state index in [1.165, 1.54) is 12.3 Å². The van der Waals surface area contributed by atoms with Crippen LogP contribution in [0, 0.1) is 0 Å². The summed E-state index contributed by atoms with van der Waals surface area (Å²) in [5.41, 5.74) is 5.47. The van der Waals surface area contributed by atoms with E-state index in [4.69, 9.17) is 33.5 Å². The third kappa shape index (κ3) is 3.39. The first-order valence-electron chi connectivity index (χ1n) is 6.45. The van der Waals surface area contributed by atoms with Crippen LogP contribution in [0.4, 0.5) is 11.6 Å². The predicted molar refractivity (Wildman–Crippen MR) is 93.6 cm³/mol. The molecule has 0 aliphatic carbocycles. The summed E-state index contributed by atoms with van der Waals surface area (Å²) < 4.78 is 29.6. The van der Waals surface area contributed by atoms with Crippen molar-refractivity contribution in [2.24, 2.45) is 5.73 Å². The van der Waals surface area contributed by atoms with E-state index in [-0.39, 0.29) is 31.3 Å². The Hall–Kier alpha value is -1.98. The molecule has 0 aliphatic rings. The van der Waals surface area contributed by atoms with Crippen molar-refractivity contribution < 1.29 is 18.1 Å². The zero-order valence-corrected chi connectivity index (χ0v) is 15.2. The summed E-state index contributed by atoms with van der Waals surface area (Å²) in [6.07, 6.45) is 1.48. The van der Waals surface area contributed by atoms with Gasteiger partial charge in [0.05, 0.1) is 27.0 Å². The van der Waals surface area contributed by atoms with E-state index in [0.717, 1.165) is 11.3 Å². The number of hydrogen-bond acceptors (Lipinski definition) is 7. The van der Waals surface area contributed by atoms with E-state index < -0.39 is 23.1 Å². The lowest BCUT2D eigenvalue weighted by Crippen LogP contribution is -2.23. The van der Waals surface area contributed by atoms with Crippen molar-refractivity contribution in [2.75, 3.05) is 4.31 Å². The first-order chi connectivity index (χ1) is 11.9. The highest BCUT2D eigenvalue weighted by molar-refractivity contribution is 7.81. The normalized spacial score (nSPS) is 12.1. The van der Waals surface area contributed by atoms with Gasteiger partial charge in [-0.25, -0.2) is 4.31 Å². The van der Waals surface area contributed by atoms with Crippen LogP contribution in [-0.4, -0.2) is 24.8 Å². The molecular formula is C13H7Cl2N4O4S2-. The maximum atomic E-state index is 11.9.